The minimum absolute atomic E-state index is 0.107. The van der Waals surface area contributed by atoms with Crippen LogP contribution in [0, 0.1) is 0 Å². The zero-order valence-corrected chi connectivity index (χ0v) is 14.9. The van der Waals surface area contributed by atoms with Crippen molar-refractivity contribution in [1.29, 1.82) is 0 Å². The lowest BCUT2D eigenvalue weighted by atomic mass is 10.1. The van der Waals surface area contributed by atoms with Crippen molar-refractivity contribution in [2.45, 2.75) is 11.3 Å². The largest absolute Gasteiger partial charge is 0.456 e. The number of ether oxygens (including phenoxy) is 1. The molecule has 2 aromatic carbocycles. The van der Waals surface area contributed by atoms with Crippen molar-refractivity contribution >= 4 is 32.7 Å². The first kappa shape index (κ1) is 18.9. The number of carbonyl (C=O) groups excluding carboxylic acids is 2. The van der Waals surface area contributed by atoms with Crippen LogP contribution in [0.25, 0.3) is 10.8 Å². The first-order chi connectivity index (χ1) is 11.8. The molecule has 0 fully saturated rings. The maximum atomic E-state index is 12.3. The molecule has 1 amide bonds. The highest BCUT2D eigenvalue weighted by Crippen LogP contribution is 2.18. The molecule has 0 bridgehead atoms. The van der Waals surface area contributed by atoms with E-state index in [4.69, 9.17) is 4.74 Å². The number of fused-ring (bicyclic) bond motifs is 1. The third kappa shape index (κ3) is 5.27. The molecule has 0 atom stereocenters. The van der Waals surface area contributed by atoms with Gasteiger partial charge in [-0.2, -0.15) is 0 Å². The molecule has 0 spiro atoms. The van der Waals surface area contributed by atoms with Gasteiger partial charge in [-0.1, -0.05) is 30.3 Å². The highest BCUT2D eigenvalue weighted by Gasteiger charge is 2.15. The smallest absolute Gasteiger partial charge is 0.307 e. The van der Waals surface area contributed by atoms with Gasteiger partial charge in [-0.3, -0.25) is 9.59 Å². The van der Waals surface area contributed by atoms with Crippen LogP contribution in [0.4, 0.5) is 0 Å². The van der Waals surface area contributed by atoms with Crippen LogP contribution in [0.5, 0.6) is 0 Å². The Morgan fingerprint density at radius 3 is 2.44 bits per heavy atom. The van der Waals surface area contributed by atoms with E-state index >= 15 is 0 Å². The maximum Gasteiger partial charge on any atom is 0.307 e. The van der Waals surface area contributed by atoms with Crippen LogP contribution >= 0.6 is 0 Å². The molecule has 0 aromatic heterocycles. The second-order valence-corrected chi connectivity index (χ2v) is 7.37. The van der Waals surface area contributed by atoms with Crippen LogP contribution in [0.3, 0.4) is 0 Å². The molecule has 25 heavy (non-hydrogen) atoms. The first-order valence-corrected chi connectivity index (χ1v) is 9.12. The number of sulfonamides is 1. The Hall–Kier alpha value is -2.45. The van der Waals surface area contributed by atoms with Gasteiger partial charge in [0, 0.05) is 20.6 Å². The molecule has 7 nitrogen and oxygen atoms in total. The van der Waals surface area contributed by atoms with Gasteiger partial charge in [0.05, 0.1) is 11.3 Å². The molecule has 8 heteroatoms. The average Bonchev–Trinajstić information content (AvgIpc) is 2.58. The van der Waals surface area contributed by atoms with Crippen LogP contribution in [0.15, 0.2) is 47.4 Å². The van der Waals surface area contributed by atoms with E-state index in [-0.39, 0.29) is 30.4 Å². The number of benzene rings is 2. The highest BCUT2D eigenvalue weighted by atomic mass is 32.2. The predicted molar refractivity (Wildman–Crippen MR) is 93.4 cm³/mol. The first-order valence-electron chi connectivity index (χ1n) is 7.64. The summed E-state index contributed by atoms with van der Waals surface area (Å²) in [6.07, 6.45) is -0.159. The fourth-order valence-corrected chi connectivity index (χ4v) is 3.12. The number of hydrogen-bond donors (Lipinski definition) is 1. The van der Waals surface area contributed by atoms with Gasteiger partial charge >= 0.3 is 5.97 Å². The van der Waals surface area contributed by atoms with Crippen molar-refractivity contribution < 1.29 is 22.7 Å². The topological polar surface area (TPSA) is 92.8 Å². The van der Waals surface area contributed by atoms with Crippen molar-refractivity contribution in [3.05, 3.63) is 42.5 Å². The monoisotopic (exact) mass is 364 g/mol. The molecule has 1 N–H and O–H groups in total. The SMILES string of the molecule is CN(C)C(=O)COC(=O)CCNS(=O)(=O)c1ccc2ccccc2c1. The zero-order valence-electron chi connectivity index (χ0n) is 14.1. The van der Waals surface area contributed by atoms with Crippen molar-refractivity contribution in [1.82, 2.24) is 9.62 Å². The van der Waals surface area contributed by atoms with Gasteiger partial charge in [0.2, 0.25) is 10.0 Å². The summed E-state index contributed by atoms with van der Waals surface area (Å²) in [5, 5.41) is 1.75. The summed E-state index contributed by atoms with van der Waals surface area (Å²) < 4.78 is 31.7. The third-order valence-corrected chi connectivity index (χ3v) is 4.97. The van der Waals surface area contributed by atoms with Crippen molar-refractivity contribution in [3.63, 3.8) is 0 Å². The minimum Gasteiger partial charge on any atom is -0.456 e. The molecule has 0 aliphatic carbocycles. The quantitative estimate of drug-likeness (QED) is 0.744. The Kier molecular flexibility index (Phi) is 6.11. The highest BCUT2D eigenvalue weighted by molar-refractivity contribution is 7.89. The number of rotatable bonds is 7. The Morgan fingerprint density at radius 1 is 1.08 bits per heavy atom. The Morgan fingerprint density at radius 2 is 1.76 bits per heavy atom. The molecule has 0 aliphatic heterocycles. The molecule has 0 aliphatic rings. The second-order valence-electron chi connectivity index (χ2n) is 5.61. The summed E-state index contributed by atoms with van der Waals surface area (Å²) in [6, 6.07) is 12.2. The van der Waals surface area contributed by atoms with Crippen LogP contribution < -0.4 is 4.72 Å². The number of likely N-dealkylation sites (N-methyl/N-ethyl adjacent to an activating group) is 1. The summed E-state index contributed by atoms with van der Waals surface area (Å²) >= 11 is 0. The average molecular weight is 364 g/mol. The molecule has 0 heterocycles. The number of amides is 1. The van der Waals surface area contributed by atoms with E-state index in [9.17, 15) is 18.0 Å². The standard InChI is InChI=1S/C17H20N2O5S/c1-19(2)16(20)12-24-17(21)9-10-18-25(22,23)15-8-7-13-5-3-4-6-14(13)11-15/h3-8,11,18H,9-10,12H2,1-2H3. The van der Waals surface area contributed by atoms with Crippen molar-refractivity contribution in [2.24, 2.45) is 0 Å². The zero-order chi connectivity index (χ0) is 18.4. The van der Waals surface area contributed by atoms with E-state index in [0.29, 0.717) is 0 Å². The predicted octanol–water partition coefficient (Wildman–Crippen LogP) is 1.14. The summed E-state index contributed by atoms with van der Waals surface area (Å²) in [5.74, 6) is -0.985. The van der Waals surface area contributed by atoms with Crippen LogP contribution in [-0.4, -0.2) is 52.4 Å². The number of nitrogens with zero attached hydrogens (tertiary/aromatic N) is 1. The second kappa shape index (κ2) is 8.09. The molecular formula is C17H20N2O5S. The van der Waals surface area contributed by atoms with Gasteiger partial charge in [0.1, 0.15) is 0 Å². The van der Waals surface area contributed by atoms with E-state index in [1.54, 1.807) is 26.2 Å². The van der Waals surface area contributed by atoms with Crippen LogP contribution in [-0.2, 0) is 24.3 Å². The number of esters is 1. The van der Waals surface area contributed by atoms with E-state index in [2.05, 4.69) is 4.72 Å². The van der Waals surface area contributed by atoms with Gasteiger partial charge in [-0.15, -0.1) is 0 Å². The van der Waals surface area contributed by atoms with Crippen molar-refractivity contribution in [3.8, 4) is 0 Å². The maximum absolute atomic E-state index is 12.3. The molecule has 2 aromatic rings. The number of nitrogens with one attached hydrogen (secondary N) is 1. The Balaban J connectivity index is 1.90. The summed E-state index contributed by atoms with van der Waals surface area (Å²) in [4.78, 5) is 24.3. The Bertz CT molecular complexity index is 877. The fraction of sp³-hybridized carbons (Fsp3) is 0.294. The normalized spacial score (nSPS) is 11.3. The van der Waals surface area contributed by atoms with E-state index in [1.165, 1.54) is 11.0 Å². The minimum atomic E-state index is -3.73. The summed E-state index contributed by atoms with van der Waals surface area (Å²) in [5.41, 5.74) is 0. The number of hydrogen-bond acceptors (Lipinski definition) is 5. The molecule has 2 rings (SSSR count). The van der Waals surface area contributed by atoms with Gasteiger partial charge < -0.3 is 9.64 Å². The van der Waals surface area contributed by atoms with Gasteiger partial charge in [-0.25, -0.2) is 13.1 Å². The molecule has 0 unspecified atom stereocenters. The van der Waals surface area contributed by atoms with E-state index in [1.807, 2.05) is 24.3 Å². The van der Waals surface area contributed by atoms with Gasteiger partial charge in [0.15, 0.2) is 6.61 Å². The van der Waals surface area contributed by atoms with Gasteiger partial charge in [-0.05, 0) is 22.9 Å². The lowest BCUT2D eigenvalue weighted by Crippen LogP contribution is -2.29. The van der Waals surface area contributed by atoms with E-state index in [0.717, 1.165) is 10.8 Å². The number of carbonyl (C=O) groups is 2. The third-order valence-electron chi connectivity index (χ3n) is 3.51. The van der Waals surface area contributed by atoms with E-state index < -0.39 is 16.0 Å². The van der Waals surface area contributed by atoms with Gasteiger partial charge in [0.25, 0.3) is 5.91 Å². The molecule has 0 saturated carbocycles. The Labute approximate surface area is 146 Å². The van der Waals surface area contributed by atoms with Crippen molar-refractivity contribution in [2.75, 3.05) is 27.2 Å². The lowest BCUT2D eigenvalue weighted by Gasteiger charge is -2.11. The fourth-order valence-electron chi connectivity index (χ4n) is 2.05. The molecular weight excluding hydrogens is 344 g/mol. The molecule has 134 valence electrons. The summed E-state index contributed by atoms with van der Waals surface area (Å²) in [7, 11) is -0.626. The molecule has 0 radical (unpaired) electrons. The van der Waals surface area contributed by atoms with Crippen LogP contribution in [0.2, 0.25) is 0 Å². The lowest BCUT2D eigenvalue weighted by molar-refractivity contribution is -0.150. The summed E-state index contributed by atoms with van der Waals surface area (Å²) in [6.45, 7) is -0.465. The van der Waals surface area contributed by atoms with Crippen LogP contribution in [0.1, 0.15) is 6.42 Å². The molecule has 0 saturated heterocycles.